The van der Waals surface area contributed by atoms with Gasteiger partial charge in [0.2, 0.25) is 0 Å². The molecular formula is C10H18N4O2S2. The molecule has 0 unspecified atom stereocenters. The van der Waals surface area contributed by atoms with Crippen molar-refractivity contribution in [2.75, 3.05) is 24.9 Å². The Morgan fingerprint density at radius 3 is 2.94 bits per heavy atom. The van der Waals surface area contributed by atoms with E-state index in [0.717, 1.165) is 13.0 Å². The third-order valence-electron chi connectivity index (χ3n) is 2.72. The molecule has 0 amide bonds. The average molecular weight is 290 g/mol. The molecule has 1 heterocycles. The number of nitrogens with one attached hydrogen (secondary N) is 2. The summed E-state index contributed by atoms with van der Waals surface area (Å²) in [6.07, 6.45) is 4.88. The highest BCUT2D eigenvalue weighted by Gasteiger charge is 2.21. The lowest BCUT2D eigenvalue weighted by Crippen LogP contribution is -2.34. The van der Waals surface area contributed by atoms with Crippen molar-refractivity contribution in [3.8, 4) is 0 Å². The summed E-state index contributed by atoms with van der Waals surface area (Å²) in [6.45, 7) is 1.36. The van der Waals surface area contributed by atoms with E-state index in [9.17, 15) is 8.42 Å². The number of hydrogen-bond acceptors (Lipinski definition) is 5. The predicted octanol–water partition coefficient (Wildman–Crippen LogP) is 0.874. The van der Waals surface area contributed by atoms with Gasteiger partial charge in [-0.05, 0) is 25.8 Å². The Balaban J connectivity index is 1.73. The first-order chi connectivity index (χ1) is 8.58. The quantitative estimate of drug-likeness (QED) is 0.697. The van der Waals surface area contributed by atoms with Gasteiger partial charge in [-0.15, -0.1) is 11.3 Å². The third kappa shape index (κ3) is 4.20. The Morgan fingerprint density at radius 1 is 1.56 bits per heavy atom. The Bertz CT molecular complexity index is 456. The van der Waals surface area contributed by atoms with Crippen LogP contribution in [0, 0.1) is 0 Å². The monoisotopic (exact) mass is 290 g/mol. The van der Waals surface area contributed by atoms with Crippen LogP contribution in [-0.4, -0.2) is 43.9 Å². The maximum atomic E-state index is 11.9. The van der Waals surface area contributed by atoms with Gasteiger partial charge in [0.15, 0.2) is 5.13 Å². The van der Waals surface area contributed by atoms with Gasteiger partial charge in [0.25, 0.3) is 0 Å². The van der Waals surface area contributed by atoms with E-state index in [0.29, 0.717) is 17.7 Å². The molecule has 2 rings (SSSR count). The minimum absolute atomic E-state index is 0.401. The van der Waals surface area contributed by atoms with Gasteiger partial charge in [-0.1, -0.05) is 0 Å². The summed E-state index contributed by atoms with van der Waals surface area (Å²) >= 11 is 1.27. The van der Waals surface area contributed by atoms with Crippen molar-refractivity contribution in [1.82, 2.24) is 14.6 Å². The van der Waals surface area contributed by atoms with E-state index in [1.54, 1.807) is 18.6 Å². The molecule has 1 aliphatic carbocycles. The smallest absolute Gasteiger partial charge is 0.303 e. The van der Waals surface area contributed by atoms with Gasteiger partial charge in [0.1, 0.15) is 0 Å². The highest BCUT2D eigenvalue weighted by atomic mass is 32.2. The second-order valence-electron chi connectivity index (χ2n) is 4.35. The van der Waals surface area contributed by atoms with E-state index in [2.05, 4.69) is 15.0 Å². The van der Waals surface area contributed by atoms with Crippen molar-refractivity contribution in [1.29, 1.82) is 0 Å². The second kappa shape index (κ2) is 5.96. The van der Waals surface area contributed by atoms with Crippen molar-refractivity contribution in [3.05, 3.63) is 11.6 Å². The van der Waals surface area contributed by atoms with Gasteiger partial charge in [0.05, 0.1) is 0 Å². The predicted molar refractivity (Wildman–Crippen MR) is 72.9 cm³/mol. The molecule has 102 valence electrons. The van der Waals surface area contributed by atoms with Crippen LogP contribution in [0.5, 0.6) is 0 Å². The fourth-order valence-electron chi connectivity index (χ4n) is 1.48. The minimum Gasteiger partial charge on any atom is -0.314 e. The Labute approximate surface area is 112 Å². The van der Waals surface area contributed by atoms with Crippen LogP contribution >= 0.6 is 11.3 Å². The van der Waals surface area contributed by atoms with Crippen LogP contribution in [0.2, 0.25) is 0 Å². The maximum Gasteiger partial charge on any atom is 0.303 e. The zero-order valence-electron chi connectivity index (χ0n) is 10.3. The lowest BCUT2D eigenvalue weighted by molar-refractivity contribution is 0.458. The molecule has 18 heavy (non-hydrogen) atoms. The molecular weight excluding hydrogens is 272 g/mol. The molecule has 0 bridgehead atoms. The zero-order chi connectivity index (χ0) is 13.0. The summed E-state index contributed by atoms with van der Waals surface area (Å²) < 4.78 is 27.6. The van der Waals surface area contributed by atoms with Crippen molar-refractivity contribution in [3.63, 3.8) is 0 Å². The van der Waals surface area contributed by atoms with E-state index in [1.165, 1.54) is 28.5 Å². The molecule has 0 spiro atoms. The van der Waals surface area contributed by atoms with Crippen LogP contribution in [-0.2, 0) is 10.2 Å². The number of hydrogen-bond donors (Lipinski definition) is 2. The summed E-state index contributed by atoms with van der Waals surface area (Å²) in [5.41, 5.74) is 0. The van der Waals surface area contributed by atoms with Gasteiger partial charge in [0, 0.05) is 31.2 Å². The number of nitrogens with zero attached hydrogens (tertiary/aromatic N) is 2. The zero-order valence-corrected chi connectivity index (χ0v) is 11.9. The van der Waals surface area contributed by atoms with Crippen LogP contribution in [0.3, 0.4) is 0 Å². The first kappa shape index (κ1) is 13.7. The van der Waals surface area contributed by atoms with Crippen LogP contribution in [0.25, 0.3) is 0 Å². The van der Waals surface area contributed by atoms with Crippen LogP contribution < -0.4 is 10.0 Å². The van der Waals surface area contributed by atoms with Crippen molar-refractivity contribution < 1.29 is 8.42 Å². The summed E-state index contributed by atoms with van der Waals surface area (Å²) in [7, 11) is -1.89. The standard InChI is InChI=1S/C10H18N4O2S2/c1-14(7-2-5-11-9-3-4-9)18(15,16)13-10-12-6-8-17-10/h6,8-9,11H,2-5,7H2,1H3,(H,12,13). The largest absolute Gasteiger partial charge is 0.314 e. The van der Waals surface area contributed by atoms with Crippen molar-refractivity contribution in [2.24, 2.45) is 0 Å². The highest BCUT2D eigenvalue weighted by Crippen LogP contribution is 2.18. The Kier molecular flexibility index (Phi) is 4.55. The summed E-state index contributed by atoms with van der Waals surface area (Å²) in [4.78, 5) is 3.90. The Morgan fingerprint density at radius 2 is 2.33 bits per heavy atom. The molecule has 8 heteroatoms. The lowest BCUT2D eigenvalue weighted by atomic mass is 10.4. The third-order valence-corrected chi connectivity index (χ3v) is 4.99. The molecule has 0 saturated heterocycles. The van der Waals surface area contributed by atoms with E-state index >= 15 is 0 Å². The van der Waals surface area contributed by atoms with Crippen molar-refractivity contribution >= 4 is 26.7 Å². The van der Waals surface area contributed by atoms with Gasteiger partial charge < -0.3 is 5.32 Å². The normalized spacial score (nSPS) is 16.1. The van der Waals surface area contributed by atoms with Crippen LogP contribution in [0.15, 0.2) is 11.6 Å². The molecule has 1 saturated carbocycles. The van der Waals surface area contributed by atoms with E-state index in [4.69, 9.17) is 0 Å². The summed E-state index contributed by atoms with van der Waals surface area (Å²) in [6, 6.07) is 0.667. The molecule has 0 aromatic carbocycles. The Hall–Kier alpha value is -0.700. The highest BCUT2D eigenvalue weighted by molar-refractivity contribution is 7.90. The molecule has 1 fully saturated rings. The maximum absolute atomic E-state index is 11.9. The van der Waals surface area contributed by atoms with Crippen molar-refractivity contribution in [2.45, 2.75) is 25.3 Å². The molecule has 6 nitrogen and oxygen atoms in total. The SMILES string of the molecule is CN(CCCNC1CC1)S(=O)(=O)Nc1nccs1. The van der Waals surface area contributed by atoms with Gasteiger partial charge in [-0.25, -0.2) is 9.71 Å². The van der Waals surface area contributed by atoms with E-state index in [1.807, 2.05) is 0 Å². The molecule has 0 atom stereocenters. The lowest BCUT2D eigenvalue weighted by Gasteiger charge is -2.17. The topological polar surface area (TPSA) is 74.3 Å². The molecule has 0 radical (unpaired) electrons. The number of thiazole rings is 1. The second-order valence-corrected chi connectivity index (χ2v) is 7.02. The van der Waals surface area contributed by atoms with E-state index < -0.39 is 10.2 Å². The number of aromatic nitrogens is 1. The first-order valence-corrected chi connectivity index (χ1v) is 8.27. The molecule has 0 aliphatic heterocycles. The molecule has 1 aromatic heterocycles. The molecule has 1 aromatic rings. The van der Waals surface area contributed by atoms with Crippen LogP contribution in [0.4, 0.5) is 5.13 Å². The van der Waals surface area contributed by atoms with E-state index in [-0.39, 0.29) is 0 Å². The average Bonchev–Trinajstić information content (AvgIpc) is 3.01. The minimum atomic E-state index is -3.46. The summed E-state index contributed by atoms with van der Waals surface area (Å²) in [5, 5.41) is 5.49. The fraction of sp³-hybridized carbons (Fsp3) is 0.700. The van der Waals surface area contributed by atoms with Gasteiger partial charge in [-0.3, -0.25) is 0 Å². The first-order valence-electron chi connectivity index (χ1n) is 5.95. The number of anilines is 1. The van der Waals surface area contributed by atoms with Crippen LogP contribution in [0.1, 0.15) is 19.3 Å². The van der Waals surface area contributed by atoms with Gasteiger partial charge >= 0.3 is 10.2 Å². The summed E-state index contributed by atoms with van der Waals surface area (Å²) in [5.74, 6) is 0. The number of rotatable bonds is 8. The molecule has 2 N–H and O–H groups in total. The fourth-order valence-corrected chi connectivity index (χ4v) is 3.16. The van der Waals surface area contributed by atoms with Gasteiger partial charge in [-0.2, -0.15) is 12.7 Å². The molecule has 1 aliphatic rings.